The van der Waals surface area contributed by atoms with Crippen LogP contribution in [0.25, 0.3) is 0 Å². The summed E-state index contributed by atoms with van der Waals surface area (Å²) >= 11 is 5.85. The van der Waals surface area contributed by atoms with E-state index in [1.165, 1.54) is 10.4 Å². The Kier molecular flexibility index (Phi) is 4.80. The second-order valence-corrected chi connectivity index (χ2v) is 6.85. The summed E-state index contributed by atoms with van der Waals surface area (Å²) in [6, 6.07) is 2.41. The molecule has 1 aliphatic heterocycles. The first-order chi connectivity index (χ1) is 9.46. The van der Waals surface area contributed by atoms with Crippen LogP contribution >= 0.6 is 11.6 Å². The van der Waals surface area contributed by atoms with Gasteiger partial charge in [0.1, 0.15) is 5.82 Å². The van der Waals surface area contributed by atoms with E-state index in [0.29, 0.717) is 31.6 Å². The number of halogens is 2. The maximum atomic E-state index is 13.8. The number of hydrogen-bond donors (Lipinski definition) is 1. The second kappa shape index (κ2) is 6.22. The number of rotatable bonds is 4. The molecule has 0 radical (unpaired) electrons. The Balaban J connectivity index is 2.43. The SMILES string of the molecule is CNCc1cc(S(=O)(=O)N2CC=CCC2)cc(F)c1Cl. The predicted molar refractivity (Wildman–Crippen MR) is 76.7 cm³/mol. The fourth-order valence-electron chi connectivity index (χ4n) is 2.07. The summed E-state index contributed by atoms with van der Waals surface area (Å²) in [5, 5.41) is 2.79. The van der Waals surface area contributed by atoms with Gasteiger partial charge in [0.15, 0.2) is 0 Å². The lowest BCUT2D eigenvalue weighted by molar-refractivity contribution is 0.437. The summed E-state index contributed by atoms with van der Waals surface area (Å²) in [6.45, 7) is 1.03. The summed E-state index contributed by atoms with van der Waals surface area (Å²) in [7, 11) is -2.00. The van der Waals surface area contributed by atoms with Crippen LogP contribution in [0.3, 0.4) is 0 Å². The van der Waals surface area contributed by atoms with Gasteiger partial charge < -0.3 is 5.32 Å². The van der Waals surface area contributed by atoms with Gasteiger partial charge in [-0.1, -0.05) is 23.8 Å². The third-order valence-electron chi connectivity index (χ3n) is 3.10. The van der Waals surface area contributed by atoms with Gasteiger partial charge >= 0.3 is 0 Å². The summed E-state index contributed by atoms with van der Waals surface area (Å²) < 4.78 is 40.1. The van der Waals surface area contributed by atoms with E-state index in [0.717, 1.165) is 6.07 Å². The predicted octanol–water partition coefficient (Wildman–Crippen LogP) is 2.15. The van der Waals surface area contributed by atoms with Crippen LogP contribution in [0, 0.1) is 5.82 Å². The third kappa shape index (κ3) is 3.03. The van der Waals surface area contributed by atoms with Gasteiger partial charge in [-0.2, -0.15) is 4.31 Å². The molecule has 110 valence electrons. The number of sulfonamides is 1. The average molecular weight is 319 g/mol. The highest BCUT2D eigenvalue weighted by Gasteiger charge is 2.26. The van der Waals surface area contributed by atoms with E-state index in [9.17, 15) is 12.8 Å². The summed E-state index contributed by atoms with van der Waals surface area (Å²) in [4.78, 5) is -0.0556. The van der Waals surface area contributed by atoms with Crippen molar-refractivity contribution in [1.29, 1.82) is 0 Å². The number of nitrogens with one attached hydrogen (secondary N) is 1. The molecule has 1 aromatic carbocycles. The lowest BCUT2D eigenvalue weighted by Crippen LogP contribution is -2.34. The van der Waals surface area contributed by atoms with Crippen LogP contribution in [-0.2, 0) is 16.6 Å². The summed E-state index contributed by atoms with van der Waals surface area (Å²) in [6.07, 6.45) is 4.39. The van der Waals surface area contributed by atoms with Gasteiger partial charge in [-0.15, -0.1) is 0 Å². The molecule has 20 heavy (non-hydrogen) atoms. The Morgan fingerprint density at radius 1 is 1.40 bits per heavy atom. The first-order valence-electron chi connectivity index (χ1n) is 6.24. The molecule has 0 aliphatic carbocycles. The van der Waals surface area contributed by atoms with Crippen molar-refractivity contribution in [2.45, 2.75) is 17.9 Å². The molecule has 7 heteroatoms. The quantitative estimate of drug-likeness (QED) is 0.865. The van der Waals surface area contributed by atoms with Crippen LogP contribution in [0.5, 0.6) is 0 Å². The zero-order valence-electron chi connectivity index (χ0n) is 11.1. The molecule has 1 N–H and O–H groups in total. The number of benzene rings is 1. The highest BCUT2D eigenvalue weighted by Crippen LogP contribution is 2.26. The minimum absolute atomic E-state index is 0.0446. The fourth-order valence-corrected chi connectivity index (χ4v) is 3.72. The number of hydrogen-bond acceptors (Lipinski definition) is 3. The third-order valence-corrected chi connectivity index (χ3v) is 5.37. The van der Waals surface area contributed by atoms with E-state index in [4.69, 9.17) is 11.6 Å². The minimum Gasteiger partial charge on any atom is -0.316 e. The zero-order chi connectivity index (χ0) is 14.8. The van der Waals surface area contributed by atoms with E-state index in [-0.39, 0.29) is 9.92 Å². The summed E-state index contributed by atoms with van der Waals surface area (Å²) in [5.41, 5.74) is 0.431. The monoisotopic (exact) mass is 318 g/mol. The first kappa shape index (κ1) is 15.4. The van der Waals surface area contributed by atoms with Gasteiger partial charge in [0.2, 0.25) is 10.0 Å². The van der Waals surface area contributed by atoms with E-state index < -0.39 is 15.8 Å². The van der Waals surface area contributed by atoms with E-state index >= 15 is 0 Å². The standard InChI is InChI=1S/C13H16ClFN2O2S/c1-16-9-10-7-11(8-12(15)13(10)14)20(18,19)17-5-3-2-4-6-17/h2-3,7-8,16H,4-6,9H2,1H3. The van der Waals surface area contributed by atoms with Crippen molar-refractivity contribution in [2.24, 2.45) is 0 Å². The normalized spacial score (nSPS) is 16.6. The van der Waals surface area contributed by atoms with Gasteiger partial charge in [0.05, 0.1) is 9.92 Å². The van der Waals surface area contributed by atoms with Crippen LogP contribution in [0.15, 0.2) is 29.2 Å². The lowest BCUT2D eigenvalue weighted by atomic mass is 10.2. The van der Waals surface area contributed by atoms with Crippen molar-refractivity contribution in [3.8, 4) is 0 Å². The van der Waals surface area contributed by atoms with Gasteiger partial charge in [0, 0.05) is 19.6 Å². The molecule has 0 bridgehead atoms. The van der Waals surface area contributed by atoms with Crippen LogP contribution in [0.2, 0.25) is 5.02 Å². The molecule has 1 aliphatic rings. The molecular weight excluding hydrogens is 303 g/mol. The molecule has 4 nitrogen and oxygen atoms in total. The topological polar surface area (TPSA) is 49.4 Å². The fraction of sp³-hybridized carbons (Fsp3) is 0.385. The molecule has 0 unspecified atom stereocenters. The highest BCUT2D eigenvalue weighted by atomic mass is 35.5. The summed E-state index contributed by atoms with van der Waals surface area (Å²) in [5.74, 6) is -0.717. The van der Waals surface area contributed by atoms with Crippen molar-refractivity contribution in [3.05, 3.63) is 40.7 Å². The van der Waals surface area contributed by atoms with Crippen molar-refractivity contribution >= 4 is 21.6 Å². The van der Waals surface area contributed by atoms with Crippen LogP contribution in [-0.4, -0.2) is 32.9 Å². The molecule has 1 aromatic rings. The second-order valence-electron chi connectivity index (χ2n) is 4.53. The maximum absolute atomic E-state index is 13.8. The number of nitrogens with zero attached hydrogens (tertiary/aromatic N) is 1. The molecule has 1 heterocycles. The van der Waals surface area contributed by atoms with Crippen molar-refractivity contribution < 1.29 is 12.8 Å². The molecule has 0 saturated heterocycles. The first-order valence-corrected chi connectivity index (χ1v) is 8.06. The Hall–Kier alpha value is -0.950. The molecule has 0 amide bonds. The highest BCUT2D eigenvalue weighted by molar-refractivity contribution is 7.89. The largest absolute Gasteiger partial charge is 0.316 e. The minimum atomic E-state index is -3.69. The lowest BCUT2D eigenvalue weighted by Gasteiger charge is -2.23. The Bertz CT molecular complexity index is 632. The molecule has 0 spiro atoms. The molecule has 0 saturated carbocycles. The Morgan fingerprint density at radius 2 is 2.15 bits per heavy atom. The van der Waals surface area contributed by atoms with Crippen molar-refractivity contribution in [3.63, 3.8) is 0 Å². The Morgan fingerprint density at radius 3 is 2.75 bits per heavy atom. The van der Waals surface area contributed by atoms with E-state index in [1.54, 1.807) is 13.1 Å². The van der Waals surface area contributed by atoms with E-state index in [1.807, 2.05) is 6.08 Å². The zero-order valence-corrected chi connectivity index (χ0v) is 12.6. The van der Waals surface area contributed by atoms with Gasteiger partial charge in [-0.3, -0.25) is 0 Å². The molecular formula is C13H16ClFN2O2S. The van der Waals surface area contributed by atoms with Gasteiger partial charge in [-0.05, 0) is 31.2 Å². The van der Waals surface area contributed by atoms with Gasteiger partial charge in [0.25, 0.3) is 0 Å². The average Bonchev–Trinajstić information content (AvgIpc) is 2.44. The van der Waals surface area contributed by atoms with E-state index in [2.05, 4.69) is 5.32 Å². The molecule has 0 aromatic heterocycles. The molecule has 0 atom stereocenters. The maximum Gasteiger partial charge on any atom is 0.243 e. The van der Waals surface area contributed by atoms with Crippen molar-refractivity contribution in [2.75, 3.05) is 20.1 Å². The van der Waals surface area contributed by atoms with Gasteiger partial charge in [-0.25, -0.2) is 12.8 Å². The van der Waals surface area contributed by atoms with Crippen LogP contribution in [0.4, 0.5) is 4.39 Å². The smallest absolute Gasteiger partial charge is 0.243 e. The van der Waals surface area contributed by atoms with Crippen molar-refractivity contribution in [1.82, 2.24) is 9.62 Å². The Labute approximate surface area is 123 Å². The molecule has 2 rings (SSSR count). The van der Waals surface area contributed by atoms with Crippen LogP contribution in [0.1, 0.15) is 12.0 Å². The molecule has 0 fully saturated rings. The van der Waals surface area contributed by atoms with Crippen LogP contribution < -0.4 is 5.32 Å².